The lowest BCUT2D eigenvalue weighted by atomic mass is 9.73. The summed E-state index contributed by atoms with van der Waals surface area (Å²) in [7, 11) is 0. The van der Waals surface area contributed by atoms with Crippen molar-refractivity contribution in [3.63, 3.8) is 0 Å². The molecule has 96 valence electrons. The largest absolute Gasteiger partial charge is 0.366 e. The van der Waals surface area contributed by atoms with Gasteiger partial charge in [0.2, 0.25) is 5.91 Å². The molecule has 3 rings (SSSR count). The van der Waals surface area contributed by atoms with Crippen LogP contribution in [0.2, 0.25) is 0 Å². The fourth-order valence-electron chi connectivity index (χ4n) is 3.12. The second kappa shape index (κ2) is 4.35. The smallest absolute Gasteiger partial charge is 0.246 e. The summed E-state index contributed by atoms with van der Waals surface area (Å²) in [5.74, 6) is -0.344. The summed E-state index contributed by atoms with van der Waals surface area (Å²) in [5.41, 5.74) is 0.489. The van der Waals surface area contributed by atoms with Gasteiger partial charge in [-0.1, -0.05) is 25.0 Å². The Balaban J connectivity index is 2.01. The first kappa shape index (κ1) is 11.7. The second-order valence-electron chi connectivity index (χ2n) is 5.07. The Morgan fingerprint density at radius 2 is 2.06 bits per heavy atom. The normalized spacial score (nSPS) is 31.6. The summed E-state index contributed by atoms with van der Waals surface area (Å²) in [6.45, 7) is 0.133. The van der Waals surface area contributed by atoms with Gasteiger partial charge in [-0.25, -0.2) is 4.39 Å². The second-order valence-corrected chi connectivity index (χ2v) is 5.07. The first-order valence-corrected chi connectivity index (χ1v) is 6.39. The zero-order valence-electron chi connectivity index (χ0n) is 10.1. The zero-order valence-corrected chi connectivity index (χ0v) is 10.1. The van der Waals surface area contributed by atoms with E-state index >= 15 is 0 Å². The molecule has 1 N–H and O–H groups in total. The zero-order chi connectivity index (χ0) is 12.6. The number of halogens is 1. The topological polar surface area (TPSA) is 38.3 Å². The molecular formula is C14H16FNO2. The molecule has 1 saturated carbocycles. The average molecular weight is 249 g/mol. The fourth-order valence-corrected chi connectivity index (χ4v) is 3.12. The van der Waals surface area contributed by atoms with Crippen LogP contribution in [0.3, 0.4) is 0 Å². The summed E-state index contributed by atoms with van der Waals surface area (Å²) in [5, 5.41) is 3.08. The minimum Gasteiger partial charge on any atom is -0.366 e. The molecule has 2 atom stereocenters. The Morgan fingerprint density at radius 3 is 2.83 bits per heavy atom. The highest BCUT2D eigenvalue weighted by Crippen LogP contribution is 2.40. The highest BCUT2D eigenvalue weighted by molar-refractivity contribution is 5.79. The molecule has 0 aromatic heterocycles. The van der Waals surface area contributed by atoms with E-state index in [1.165, 1.54) is 12.1 Å². The number of carbonyl (C=O) groups is 1. The van der Waals surface area contributed by atoms with Crippen LogP contribution in [-0.4, -0.2) is 18.6 Å². The third kappa shape index (κ3) is 1.81. The lowest BCUT2D eigenvalue weighted by Gasteiger charge is -2.47. The molecule has 2 fully saturated rings. The number of carbonyl (C=O) groups excluding carboxylic acids is 1. The van der Waals surface area contributed by atoms with Crippen molar-refractivity contribution in [2.75, 3.05) is 6.61 Å². The molecule has 2 aliphatic rings. The number of hydrogen-bond acceptors (Lipinski definition) is 2. The molecule has 1 aliphatic carbocycles. The van der Waals surface area contributed by atoms with Crippen molar-refractivity contribution in [1.82, 2.24) is 5.32 Å². The quantitative estimate of drug-likeness (QED) is 0.827. The van der Waals surface area contributed by atoms with Crippen LogP contribution in [-0.2, 0) is 15.1 Å². The molecule has 1 aromatic rings. The van der Waals surface area contributed by atoms with E-state index in [2.05, 4.69) is 5.32 Å². The summed E-state index contributed by atoms with van der Waals surface area (Å²) in [4.78, 5) is 11.7. The molecule has 0 radical (unpaired) electrons. The van der Waals surface area contributed by atoms with Crippen LogP contribution in [0.25, 0.3) is 0 Å². The molecule has 1 aliphatic heterocycles. The molecule has 1 heterocycles. The van der Waals surface area contributed by atoms with Crippen LogP contribution in [0.4, 0.5) is 4.39 Å². The van der Waals surface area contributed by atoms with Crippen LogP contribution < -0.4 is 5.32 Å². The number of ether oxygens (including phenoxy) is 1. The molecule has 4 heteroatoms. The van der Waals surface area contributed by atoms with E-state index < -0.39 is 5.54 Å². The van der Waals surface area contributed by atoms with Gasteiger partial charge in [-0.3, -0.25) is 4.79 Å². The van der Waals surface area contributed by atoms with Crippen LogP contribution in [0.5, 0.6) is 0 Å². The van der Waals surface area contributed by atoms with Crippen molar-refractivity contribution in [2.45, 2.75) is 37.3 Å². The predicted octanol–water partition coefficient (Wildman–Crippen LogP) is 2.11. The molecule has 0 spiro atoms. The highest BCUT2D eigenvalue weighted by atomic mass is 19.1. The average Bonchev–Trinajstić information content (AvgIpc) is 2.39. The van der Waals surface area contributed by atoms with E-state index in [1.807, 2.05) is 0 Å². The van der Waals surface area contributed by atoms with Gasteiger partial charge in [0.25, 0.3) is 0 Å². The van der Waals surface area contributed by atoms with Crippen LogP contribution >= 0.6 is 0 Å². The minimum absolute atomic E-state index is 0.00871. The summed E-state index contributed by atoms with van der Waals surface area (Å²) in [6.07, 6.45) is 3.97. The Kier molecular flexibility index (Phi) is 2.82. The Labute approximate surface area is 105 Å². The van der Waals surface area contributed by atoms with E-state index in [1.54, 1.807) is 12.1 Å². The van der Waals surface area contributed by atoms with Gasteiger partial charge in [0.05, 0.1) is 11.6 Å². The van der Waals surface area contributed by atoms with E-state index in [0.29, 0.717) is 0 Å². The Morgan fingerprint density at radius 1 is 1.28 bits per heavy atom. The van der Waals surface area contributed by atoms with E-state index in [4.69, 9.17) is 4.74 Å². The van der Waals surface area contributed by atoms with Crippen molar-refractivity contribution < 1.29 is 13.9 Å². The molecule has 1 saturated heterocycles. The van der Waals surface area contributed by atoms with E-state index in [0.717, 1.165) is 31.2 Å². The van der Waals surface area contributed by atoms with E-state index in [9.17, 15) is 9.18 Å². The lowest BCUT2D eigenvalue weighted by molar-refractivity contribution is -0.148. The molecule has 1 amide bonds. The van der Waals surface area contributed by atoms with Crippen LogP contribution in [0, 0.1) is 5.82 Å². The van der Waals surface area contributed by atoms with Gasteiger partial charge >= 0.3 is 0 Å². The monoisotopic (exact) mass is 249 g/mol. The molecule has 1 aromatic carbocycles. The van der Waals surface area contributed by atoms with Crippen molar-refractivity contribution >= 4 is 5.91 Å². The van der Waals surface area contributed by atoms with Gasteiger partial charge in [-0.05, 0) is 30.5 Å². The maximum atomic E-state index is 13.0. The maximum absolute atomic E-state index is 13.0. The molecule has 0 bridgehead atoms. The van der Waals surface area contributed by atoms with Crippen molar-refractivity contribution in [1.29, 1.82) is 0 Å². The van der Waals surface area contributed by atoms with Crippen molar-refractivity contribution in [3.05, 3.63) is 35.6 Å². The molecule has 3 nitrogen and oxygen atoms in total. The number of benzene rings is 1. The Hall–Kier alpha value is -1.42. The lowest BCUT2D eigenvalue weighted by Crippen LogP contribution is -2.61. The SMILES string of the molecule is O=C1COC2CCCCC2(c2ccc(F)cc2)N1. The summed E-state index contributed by atoms with van der Waals surface area (Å²) >= 11 is 0. The number of fused-ring (bicyclic) bond motifs is 1. The first-order valence-electron chi connectivity index (χ1n) is 6.39. The summed E-state index contributed by atoms with van der Waals surface area (Å²) < 4.78 is 18.7. The van der Waals surface area contributed by atoms with E-state index in [-0.39, 0.29) is 24.4 Å². The van der Waals surface area contributed by atoms with Crippen LogP contribution in [0.15, 0.2) is 24.3 Å². The summed E-state index contributed by atoms with van der Waals surface area (Å²) in [6, 6.07) is 6.39. The fraction of sp³-hybridized carbons (Fsp3) is 0.500. The maximum Gasteiger partial charge on any atom is 0.246 e. The molecule has 18 heavy (non-hydrogen) atoms. The number of hydrogen-bond donors (Lipinski definition) is 1. The minimum atomic E-state index is -0.457. The van der Waals surface area contributed by atoms with Crippen molar-refractivity contribution in [3.8, 4) is 0 Å². The van der Waals surface area contributed by atoms with Gasteiger partial charge in [0.1, 0.15) is 12.4 Å². The molecular weight excluding hydrogens is 233 g/mol. The standard InChI is InChI=1S/C14H16FNO2/c15-11-6-4-10(5-7-11)14-8-2-1-3-12(14)18-9-13(17)16-14/h4-7,12H,1-3,8-9H2,(H,16,17). The van der Waals surface area contributed by atoms with Gasteiger partial charge in [-0.15, -0.1) is 0 Å². The highest BCUT2D eigenvalue weighted by Gasteiger charge is 2.46. The van der Waals surface area contributed by atoms with Crippen molar-refractivity contribution in [2.24, 2.45) is 0 Å². The van der Waals surface area contributed by atoms with Gasteiger partial charge < -0.3 is 10.1 Å². The predicted molar refractivity (Wildman–Crippen MR) is 64.4 cm³/mol. The van der Waals surface area contributed by atoms with Gasteiger partial charge in [-0.2, -0.15) is 0 Å². The number of amides is 1. The third-order valence-corrected chi connectivity index (χ3v) is 3.97. The third-order valence-electron chi connectivity index (χ3n) is 3.97. The van der Waals surface area contributed by atoms with Gasteiger partial charge in [0, 0.05) is 0 Å². The molecule has 2 unspecified atom stereocenters. The Bertz CT molecular complexity index is 459. The number of rotatable bonds is 1. The number of nitrogens with one attached hydrogen (secondary N) is 1. The van der Waals surface area contributed by atoms with Crippen LogP contribution in [0.1, 0.15) is 31.2 Å². The number of morpholine rings is 1. The van der Waals surface area contributed by atoms with Gasteiger partial charge in [0.15, 0.2) is 0 Å². The first-order chi connectivity index (χ1) is 8.71.